The van der Waals surface area contributed by atoms with Gasteiger partial charge in [0.25, 0.3) is 0 Å². The topological polar surface area (TPSA) is 21.3 Å². The predicted molar refractivity (Wildman–Crippen MR) is 62.0 cm³/mol. The van der Waals surface area contributed by atoms with Gasteiger partial charge in [-0.2, -0.15) is 0 Å². The number of rotatable bonds is 4. The average molecular weight is 203 g/mol. The van der Waals surface area contributed by atoms with Crippen molar-refractivity contribution in [3.8, 4) is 5.75 Å². The minimum absolute atomic E-state index is 0.632. The van der Waals surface area contributed by atoms with Crippen LogP contribution < -0.4 is 10.1 Å². The van der Waals surface area contributed by atoms with Crippen LogP contribution in [0.15, 0.2) is 36.4 Å². The first-order valence-corrected chi connectivity index (χ1v) is 5.40. The van der Waals surface area contributed by atoms with Gasteiger partial charge in [0, 0.05) is 12.6 Å². The first-order valence-electron chi connectivity index (χ1n) is 5.40. The van der Waals surface area contributed by atoms with Crippen LogP contribution in [0, 0.1) is 0 Å². The fraction of sp³-hybridized carbons (Fsp3) is 0.385. The normalized spacial score (nSPS) is 15.8. The molecule has 0 unspecified atom stereocenters. The highest BCUT2D eigenvalue weighted by Gasteiger charge is 2.08. The summed E-state index contributed by atoms with van der Waals surface area (Å²) >= 11 is 0. The molecule has 1 aromatic carbocycles. The van der Waals surface area contributed by atoms with Gasteiger partial charge in [0.2, 0.25) is 0 Å². The Morgan fingerprint density at radius 3 is 2.47 bits per heavy atom. The van der Waals surface area contributed by atoms with Crippen molar-refractivity contribution < 1.29 is 4.74 Å². The van der Waals surface area contributed by atoms with E-state index in [0.29, 0.717) is 6.04 Å². The molecule has 0 atom stereocenters. The SMILES string of the molecule is COc1ccc(CNC2CC=CC2)cc1. The van der Waals surface area contributed by atoms with Gasteiger partial charge in [0.15, 0.2) is 0 Å². The number of ether oxygens (including phenoxy) is 1. The van der Waals surface area contributed by atoms with Gasteiger partial charge in [-0.15, -0.1) is 0 Å². The van der Waals surface area contributed by atoms with Gasteiger partial charge in [-0.25, -0.2) is 0 Å². The van der Waals surface area contributed by atoms with E-state index in [2.05, 4.69) is 29.6 Å². The second-order valence-corrected chi connectivity index (χ2v) is 3.87. The molecule has 2 nitrogen and oxygen atoms in total. The lowest BCUT2D eigenvalue weighted by Gasteiger charge is -2.11. The molecule has 15 heavy (non-hydrogen) atoms. The van der Waals surface area contributed by atoms with E-state index in [9.17, 15) is 0 Å². The summed E-state index contributed by atoms with van der Waals surface area (Å²) in [6.07, 6.45) is 6.81. The third-order valence-electron chi connectivity index (χ3n) is 2.76. The molecule has 0 saturated carbocycles. The van der Waals surface area contributed by atoms with E-state index < -0.39 is 0 Å². The van der Waals surface area contributed by atoms with Crippen molar-refractivity contribution in [3.05, 3.63) is 42.0 Å². The van der Waals surface area contributed by atoms with Crippen molar-refractivity contribution in [2.75, 3.05) is 7.11 Å². The zero-order valence-electron chi connectivity index (χ0n) is 9.07. The second kappa shape index (κ2) is 4.99. The van der Waals surface area contributed by atoms with Gasteiger partial charge in [0.1, 0.15) is 5.75 Å². The van der Waals surface area contributed by atoms with Crippen molar-refractivity contribution in [1.82, 2.24) is 5.32 Å². The Balaban J connectivity index is 1.82. The number of hydrogen-bond acceptors (Lipinski definition) is 2. The molecular weight excluding hydrogens is 186 g/mol. The fourth-order valence-corrected chi connectivity index (χ4v) is 1.79. The molecule has 0 aromatic heterocycles. The number of hydrogen-bond donors (Lipinski definition) is 1. The molecule has 1 aliphatic carbocycles. The third-order valence-corrected chi connectivity index (χ3v) is 2.76. The summed E-state index contributed by atoms with van der Waals surface area (Å²) in [6, 6.07) is 8.85. The van der Waals surface area contributed by atoms with Crippen molar-refractivity contribution in [1.29, 1.82) is 0 Å². The van der Waals surface area contributed by atoms with Crippen LogP contribution in [-0.2, 0) is 6.54 Å². The largest absolute Gasteiger partial charge is 0.497 e. The summed E-state index contributed by atoms with van der Waals surface area (Å²) in [5.74, 6) is 0.918. The molecular formula is C13H17NO. The number of methoxy groups -OCH3 is 1. The monoisotopic (exact) mass is 203 g/mol. The predicted octanol–water partition coefficient (Wildman–Crippen LogP) is 2.50. The molecule has 2 heteroatoms. The van der Waals surface area contributed by atoms with Crippen LogP contribution in [0.1, 0.15) is 18.4 Å². The van der Waals surface area contributed by atoms with Crippen LogP contribution in [0.5, 0.6) is 5.75 Å². The molecule has 0 radical (unpaired) electrons. The molecule has 1 N–H and O–H groups in total. The minimum atomic E-state index is 0.632. The van der Waals surface area contributed by atoms with Gasteiger partial charge in [-0.3, -0.25) is 0 Å². The molecule has 0 saturated heterocycles. The molecule has 0 amide bonds. The maximum absolute atomic E-state index is 5.12. The number of benzene rings is 1. The van der Waals surface area contributed by atoms with Crippen LogP contribution in [0.4, 0.5) is 0 Å². The van der Waals surface area contributed by atoms with Crippen molar-refractivity contribution in [2.45, 2.75) is 25.4 Å². The van der Waals surface area contributed by atoms with E-state index in [0.717, 1.165) is 25.1 Å². The zero-order chi connectivity index (χ0) is 10.5. The molecule has 1 aromatic rings. The summed E-state index contributed by atoms with van der Waals surface area (Å²) in [4.78, 5) is 0. The molecule has 1 aliphatic rings. The highest BCUT2D eigenvalue weighted by Crippen LogP contribution is 2.13. The minimum Gasteiger partial charge on any atom is -0.497 e. The maximum Gasteiger partial charge on any atom is 0.118 e. The van der Waals surface area contributed by atoms with Gasteiger partial charge >= 0.3 is 0 Å². The van der Waals surface area contributed by atoms with Crippen LogP contribution in [-0.4, -0.2) is 13.2 Å². The first-order chi connectivity index (χ1) is 7.38. The summed E-state index contributed by atoms with van der Waals surface area (Å²) in [5, 5.41) is 3.53. The maximum atomic E-state index is 5.12. The Hall–Kier alpha value is -1.28. The average Bonchev–Trinajstić information content (AvgIpc) is 2.80. The van der Waals surface area contributed by atoms with Crippen molar-refractivity contribution >= 4 is 0 Å². The Labute approximate surface area is 91.0 Å². The lowest BCUT2D eigenvalue weighted by molar-refractivity contribution is 0.414. The summed E-state index contributed by atoms with van der Waals surface area (Å²) in [7, 11) is 1.69. The van der Waals surface area contributed by atoms with E-state index in [1.807, 2.05) is 12.1 Å². The highest BCUT2D eigenvalue weighted by molar-refractivity contribution is 5.27. The molecule has 80 valence electrons. The fourth-order valence-electron chi connectivity index (χ4n) is 1.79. The molecule has 0 bridgehead atoms. The van der Waals surface area contributed by atoms with Crippen LogP contribution in [0.25, 0.3) is 0 Å². The lowest BCUT2D eigenvalue weighted by Crippen LogP contribution is -2.25. The van der Waals surface area contributed by atoms with Crippen LogP contribution >= 0.6 is 0 Å². The Bertz CT molecular complexity index is 321. The van der Waals surface area contributed by atoms with E-state index in [4.69, 9.17) is 4.74 Å². The Kier molecular flexibility index (Phi) is 3.41. The first kappa shape index (κ1) is 10.2. The van der Waals surface area contributed by atoms with Gasteiger partial charge in [0.05, 0.1) is 7.11 Å². The van der Waals surface area contributed by atoms with Gasteiger partial charge < -0.3 is 10.1 Å². The molecule has 0 heterocycles. The highest BCUT2D eigenvalue weighted by atomic mass is 16.5. The molecule has 0 fully saturated rings. The quantitative estimate of drug-likeness (QED) is 0.759. The summed E-state index contributed by atoms with van der Waals surface area (Å²) in [6.45, 7) is 0.941. The van der Waals surface area contributed by atoms with Crippen molar-refractivity contribution in [2.24, 2.45) is 0 Å². The lowest BCUT2D eigenvalue weighted by atomic mass is 10.2. The van der Waals surface area contributed by atoms with Gasteiger partial charge in [-0.1, -0.05) is 24.3 Å². The zero-order valence-corrected chi connectivity index (χ0v) is 9.07. The van der Waals surface area contributed by atoms with Crippen molar-refractivity contribution in [3.63, 3.8) is 0 Å². The number of nitrogens with one attached hydrogen (secondary N) is 1. The van der Waals surface area contributed by atoms with E-state index in [1.165, 1.54) is 5.56 Å². The van der Waals surface area contributed by atoms with Crippen LogP contribution in [0.2, 0.25) is 0 Å². The van der Waals surface area contributed by atoms with Crippen LogP contribution in [0.3, 0.4) is 0 Å². The smallest absolute Gasteiger partial charge is 0.118 e. The summed E-state index contributed by atoms with van der Waals surface area (Å²) < 4.78 is 5.12. The van der Waals surface area contributed by atoms with E-state index >= 15 is 0 Å². The molecule has 0 spiro atoms. The van der Waals surface area contributed by atoms with E-state index in [-0.39, 0.29) is 0 Å². The Morgan fingerprint density at radius 2 is 1.87 bits per heavy atom. The summed E-state index contributed by atoms with van der Waals surface area (Å²) in [5.41, 5.74) is 1.31. The van der Waals surface area contributed by atoms with Gasteiger partial charge in [-0.05, 0) is 30.5 Å². The van der Waals surface area contributed by atoms with E-state index in [1.54, 1.807) is 7.11 Å². The third kappa shape index (κ3) is 2.83. The standard InChI is InChI=1S/C13H17NO/c1-15-13-8-6-11(7-9-13)10-14-12-4-2-3-5-12/h2-3,6-9,12,14H,4-5,10H2,1H3. The molecule has 0 aliphatic heterocycles. The Morgan fingerprint density at radius 1 is 1.20 bits per heavy atom. The molecule has 2 rings (SSSR count). The second-order valence-electron chi connectivity index (χ2n) is 3.87.